The Hall–Kier alpha value is -4.85. The highest BCUT2D eigenvalue weighted by Gasteiger charge is 2.40. The molecule has 1 aromatic heterocycles. The highest BCUT2D eigenvalue weighted by molar-refractivity contribution is 7.89. The van der Waals surface area contributed by atoms with E-state index in [-0.39, 0.29) is 42.3 Å². The summed E-state index contributed by atoms with van der Waals surface area (Å²) in [6.07, 6.45) is 1.87. The molecule has 12 nitrogen and oxygen atoms in total. The summed E-state index contributed by atoms with van der Waals surface area (Å²) in [6, 6.07) is 23.0. The van der Waals surface area contributed by atoms with E-state index in [1.165, 1.54) is 34.8 Å². The lowest BCUT2D eigenvalue weighted by Crippen LogP contribution is -2.57. The molecule has 3 atom stereocenters. The van der Waals surface area contributed by atoms with Crippen LogP contribution in [0.15, 0.2) is 101 Å². The lowest BCUT2D eigenvalue weighted by Gasteiger charge is -2.34. The van der Waals surface area contributed by atoms with Gasteiger partial charge in [0.2, 0.25) is 15.9 Å². The van der Waals surface area contributed by atoms with E-state index in [4.69, 9.17) is 5.21 Å². The summed E-state index contributed by atoms with van der Waals surface area (Å²) in [4.78, 5) is 35.9. The normalized spacial score (nSPS) is 15.7. The fourth-order valence-electron chi connectivity index (χ4n) is 6.68. The van der Waals surface area contributed by atoms with Gasteiger partial charge in [0.1, 0.15) is 6.04 Å². The molecule has 52 heavy (non-hydrogen) atoms. The molecule has 0 saturated carbocycles. The first-order valence-electron chi connectivity index (χ1n) is 17.6. The molecular formula is C39H48N6O6S. The van der Waals surface area contributed by atoms with Crippen LogP contribution < -0.4 is 5.32 Å². The minimum absolute atomic E-state index is 0.0239. The summed E-state index contributed by atoms with van der Waals surface area (Å²) < 4.78 is 29.1. The molecule has 0 unspecified atom stereocenters. The Morgan fingerprint density at radius 2 is 1.65 bits per heavy atom. The molecular weight excluding hydrogens is 681 g/mol. The number of benzene rings is 3. The number of carbonyl (C=O) groups is 2. The molecule has 3 N–H and O–H groups in total. The van der Waals surface area contributed by atoms with Gasteiger partial charge in [-0.05, 0) is 59.2 Å². The summed E-state index contributed by atoms with van der Waals surface area (Å²) in [6.45, 7) is 8.57. The number of para-hydroxylation sites is 1. The number of fused-ring (bicyclic) bond motifs is 1. The number of oxime groups is 1. The predicted octanol–water partition coefficient (Wildman–Crippen LogP) is 4.74. The SMILES string of the molecule is CC(C)CN(C[C@H](O)[C@H](Cc1ccccc1)NC(=O)[C@H](C(C)C)N1CCN(Cc2ccnc3ccccc23)C1=O)S(=O)(=O)c1ccc(C=NO)cc1. The second-order valence-corrected chi connectivity index (χ2v) is 15.9. The molecule has 1 aliphatic heterocycles. The Kier molecular flexibility index (Phi) is 12.6. The monoisotopic (exact) mass is 728 g/mol. The van der Waals surface area contributed by atoms with Crippen LogP contribution in [0.2, 0.25) is 0 Å². The van der Waals surface area contributed by atoms with Gasteiger partial charge in [0, 0.05) is 44.3 Å². The Labute approximate surface area is 305 Å². The number of nitrogens with one attached hydrogen (secondary N) is 1. The van der Waals surface area contributed by atoms with Crippen molar-refractivity contribution in [3.63, 3.8) is 0 Å². The first-order chi connectivity index (χ1) is 24.9. The Morgan fingerprint density at radius 3 is 2.33 bits per heavy atom. The van der Waals surface area contributed by atoms with Crippen LogP contribution in [-0.2, 0) is 27.8 Å². The average molecular weight is 729 g/mol. The number of amides is 3. The van der Waals surface area contributed by atoms with Crippen molar-refractivity contribution in [1.29, 1.82) is 0 Å². The van der Waals surface area contributed by atoms with Crippen molar-refractivity contribution >= 4 is 39.1 Å². The molecule has 4 aromatic rings. The number of sulfonamides is 1. The molecule has 1 saturated heterocycles. The predicted molar refractivity (Wildman–Crippen MR) is 200 cm³/mol. The van der Waals surface area contributed by atoms with Gasteiger partial charge < -0.3 is 25.4 Å². The van der Waals surface area contributed by atoms with Crippen molar-refractivity contribution in [3.8, 4) is 0 Å². The topological polar surface area (TPSA) is 156 Å². The van der Waals surface area contributed by atoms with Crippen molar-refractivity contribution in [2.24, 2.45) is 17.0 Å². The summed E-state index contributed by atoms with van der Waals surface area (Å²) >= 11 is 0. The molecule has 0 aliphatic carbocycles. The number of carbonyl (C=O) groups excluding carboxylic acids is 2. The smallest absolute Gasteiger partial charge is 0.321 e. The van der Waals surface area contributed by atoms with Gasteiger partial charge in [-0.2, -0.15) is 4.31 Å². The van der Waals surface area contributed by atoms with Gasteiger partial charge in [0.25, 0.3) is 0 Å². The molecule has 0 bridgehead atoms. The van der Waals surface area contributed by atoms with Crippen LogP contribution in [0.1, 0.15) is 44.4 Å². The third-order valence-corrected chi connectivity index (χ3v) is 11.1. The number of pyridine rings is 1. The number of aliphatic hydroxyl groups excluding tert-OH is 1. The highest BCUT2D eigenvalue weighted by atomic mass is 32.2. The lowest BCUT2D eigenvalue weighted by atomic mass is 9.97. The third kappa shape index (κ3) is 9.14. The quantitative estimate of drug-likeness (QED) is 0.0855. The molecule has 0 spiro atoms. The molecule has 1 aliphatic rings. The number of urea groups is 1. The maximum Gasteiger partial charge on any atom is 0.321 e. The fraction of sp³-hybridized carbons (Fsp3) is 0.385. The van der Waals surface area contributed by atoms with Crippen molar-refractivity contribution in [3.05, 3.63) is 108 Å². The Bertz CT molecular complexity index is 1950. The fourth-order valence-corrected chi connectivity index (χ4v) is 8.31. The molecule has 0 radical (unpaired) electrons. The van der Waals surface area contributed by atoms with E-state index in [0.29, 0.717) is 25.2 Å². The van der Waals surface area contributed by atoms with Gasteiger partial charge in [-0.1, -0.05) is 93.5 Å². The largest absolute Gasteiger partial charge is 0.411 e. The Morgan fingerprint density at radius 1 is 0.962 bits per heavy atom. The molecule has 3 aromatic carbocycles. The van der Waals surface area contributed by atoms with E-state index in [1.54, 1.807) is 16.0 Å². The number of aliphatic hydroxyl groups is 1. The van der Waals surface area contributed by atoms with Crippen molar-refractivity contribution in [2.45, 2.75) is 63.7 Å². The van der Waals surface area contributed by atoms with Crippen LogP contribution in [-0.4, -0.2) is 100 Å². The van der Waals surface area contributed by atoms with Crippen LogP contribution in [0, 0.1) is 11.8 Å². The maximum absolute atomic E-state index is 14.2. The van der Waals surface area contributed by atoms with E-state index in [1.807, 2.05) is 88.4 Å². The van der Waals surface area contributed by atoms with Gasteiger partial charge in [-0.25, -0.2) is 13.2 Å². The van der Waals surface area contributed by atoms with E-state index >= 15 is 0 Å². The number of aromatic nitrogens is 1. The zero-order chi connectivity index (χ0) is 37.4. The van der Waals surface area contributed by atoms with Crippen molar-refractivity contribution in [1.82, 2.24) is 24.4 Å². The number of rotatable bonds is 16. The molecule has 1 fully saturated rings. The molecule has 3 amide bonds. The molecule has 2 heterocycles. The van der Waals surface area contributed by atoms with Crippen LogP contribution in [0.5, 0.6) is 0 Å². The average Bonchev–Trinajstić information content (AvgIpc) is 3.46. The van der Waals surface area contributed by atoms with Crippen LogP contribution in [0.3, 0.4) is 0 Å². The lowest BCUT2D eigenvalue weighted by molar-refractivity contribution is -0.128. The molecule has 276 valence electrons. The molecule has 13 heteroatoms. The highest BCUT2D eigenvalue weighted by Crippen LogP contribution is 2.25. The standard InChI is InChI=1S/C39H48N6O6S/c1-27(2)24-44(52(50,51)32-16-14-30(15-17-32)23-41-49)26-36(46)35(22-29-10-6-5-7-11-29)42-38(47)37(28(3)4)45-21-20-43(39(45)48)25-31-18-19-40-34-13-9-8-12-33(31)34/h5-19,23,27-28,35-37,46,49H,20-22,24-26H2,1-4H3,(H,42,47)/t35-,36-,37-/m0/s1. The number of nitrogens with zero attached hydrogens (tertiary/aromatic N) is 5. The van der Waals surface area contributed by atoms with E-state index in [2.05, 4.69) is 15.5 Å². The van der Waals surface area contributed by atoms with Crippen LogP contribution >= 0.6 is 0 Å². The van der Waals surface area contributed by atoms with Crippen molar-refractivity contribution in [2.75, 3.05) is 26.2 Å². The first kappa shape index (κ1) is 38.4. The zero-order valence-corrected chi connectivity index (χ0v) is 30.9. The second-order valence-electron chi connectivity index (χ2n) is 14.0. The third-order valence-electron chi connectivity index (χ3n) is 9.24. The van der Waals surface area contributed by atoms with Crippen molar-refractivity contribution < 1.29 is 28.3 Å². The minimum atomic E-state index is -4.06. The van der Waals surface area contributed by atoms with E-state index < -0.39 is 34.1 Å². The Balaban J connectivity index is 1.37. The summed E-state index contributed by atoms with van der Waals surface area (Å²) in [5.41, 5.74) is 3.18. The van der Waals surface area contributed by atoms with Gasteiger partial charge in [-0.15, -0.1) is 0 Å². The van der Waals surface area contributed by atoms with Gasteiger partial charge >= 0.3 is 6.03 Å². The minimum Gasteiger partial charge on any atom is -0.411 e. The number of hydrogen-bond donors (Lipinski definition) is 3. The van der Waals surface area contributed by atoms with Crippen LogP contribution in [0.25, 0.3) is 10.9 Å². The van der Waals surface area contributed by atoms with Crippen LogP contribution in [0.4, 0.5) is 4.79 Å². The first-order valence-corrected chi connectivity index (χ1v) is 19.0. The van der Waals surface area contributed by atoms with E-state index in [9.17, 15) is 23.1 Å². The maximum atomic E-state index is 14.2. The van der Waals surface area contributed by atoms with Gasteiger partial charge in [0.05, 0.1) is 28.8 Å². The van der Waals surface area contributed by atoms with Gasteiger partial charge in [0.15, 0.2) is 0 Å². The number of hydrogen-bond acceptors (Lipinski definition) is 8. The van der Waals surface area contributed by atoms with E-state index in [0.717, 1.165) is 22.0 Å². The summed E-state index contributed by atoms with van der Waals surface area (Å²) in [5, 5.41) is 27.6. The summed E-state index contributed by atoms with van der Waals surface area (Å²) in [7, 11) is -4.06. The zero-order valence-electron chi connectivity index (χ0n) is 30.0. The molecule has 5 rings (SSSR count). The second kappa shape index (κ2) is 17.1. The summed E-state index contributed by atoms with van der Waals surface area (Å²) in [5.74, 6) is -0.736. The van der Waals surface area contributed by atoms with Gasteiger partial charge in [-0.3, -0.25) is 9.78 Å².